The zero-order chi connectivity index (χ0) is 21.6. The number of imide groups is 1. The highest BCUT2D eigenvalue weighted by molar-refractivity contribution is 7.87. The van der Waals surface area contributed by atoms with E-state index in [1.165, 1.54) is 36.4 Å². The standard InChI is InChI=1S/C21H19N3O5S/c1-15-10-12-19(13-11-15)30(27,28)29-18-9-5-8-17(14-18)23-21(26)24-20(25)22-16-6-3-2-4-7-16/h2-14H,1H3,(H3,22,23,24,25,26). The van der Waals surface area contributed by atoms with E-state index in [1.54, 1.807) is 42.5 Å². The predicted molar refractivity (Wildman–Crippen MR) is 113 cm³/mol. The molecule has 154 valence electrons. The molecular formula is C21H19N3O5S. The first kappa shape index (κ1) is 20.9. The van der Waals surface area contributed by atoms with Crippen LogP contribution in [-0.2, 0) is 10.1 Å². The molecular weight excluding hydrogens is 406 g/mol. The quantitative estimate of drug-likeness (QED) is 0.532. The Bertz CT molecular complexity index is 1150. The van der Waals surface area contributed by atoms with Crippen molar-refractivity contribution in [3.05, 3.63) is 84.4 Å². The summed E-state index contributed by atoms with van der Waals surface area (Å²) in [5, 5.41) is 7.07. The molecule has 0 aliphatic carbocycles. The lowest BCUT2D eigenvalue weighted by molar-refractivity contribution is 0.240. The maximum Gasteiger partial charge on any atom is 0.339 e. The van der Waals surface area contributed by atoms with Crippen LogP contribution in [0.3, 0.4) is 0 Å². The molecule has 0 aliphatic heterocycles. The third kappa shape index (κ3) is 5.82. The van der Waals surface area contributed by atoms with Gasteiger partial charge < -0.3 is 14.8 Å². The van der Waals surface area contributed by atoms with Crippen LogP contribution < -0.4 is 20.1 Å². The molecule has 0 aliphatic rings. The van der Waals surface area contributed by atoms with Crippen molar-refractivity contribution in [3.8, 4) is 5.75 Å². The molecule has 0 bridgehead atoms. The van der Waals surface area contributed by atoms with Crippen molar-refractivity contribution in [2.24, 2.45) is 0 Å². The number of urea groups is 2. The topological polar surface area (TPSA) is 114 Å². The largest absolute Gasteiger partial charge is 0.379 e. The van der Waals surface area contributed by atoms with Crippen molar-refractivity contribution in [2.45, 2.75) is 11.8 Å². The number of aryl methyl sites for hydroxylation is 1. The summed E-state index contributed by atoms with van der Waals surface area (Å²) in [5.74, 6) is 0.0158. The Morgan fingerprint density at radius 2 is 1.37 bits per heavy atom. The minimum Gasteiger partial charge on any atom is -0.379 e. The van der Waals surface area contributed by atoms with E-state index in [2.05, 4.69) is 16.0 Å². The fraction of sp³-hybridized carbons (Fsp3) is 0.0476. The average Bonchev–Trinajstić information content (AvgIpc) is 2.68. The molecule has 0 atom stereocenters. The van der Waals surface area contributed by atoms with Crippen molar-refractivity contribution >= 4 is 33.6 Å². The molecule has 3 aromatic carbocycles. The van der Waals surface area contributed by atoms with Crippen LogP contribution in [0.4, 0.5) is 21.0 Å². The number of nitrogens with one attached hydrogen (secondary N) is 3. The number of carbonyl (C=O) groups excluding carboxylic acids is 2. The van der Waals surface area contributed by atoms with Gasteiger partial charge in [-0.05, 0) is 43.3 Å². The first-order valence-corrected chi connectivity index (χ1v) is 10.3. The maximum atomic E-state index is 12.4. The second-order valence-electron chi connectivity index (χ2n) is 6.28. The SMILES string of the molecule is Cc1ccc(S(=O)(=O)Oc2cccc(NC(=O)NC(=O)Nc3ccccc3)c2)cc1. The van der Waals surface area contributed by atoms with Crippen LogP contribution in [0.2, 0.25) is 0 Å². The van der Waals surface area contributed by atoms with Gasteiger partial charge in [-0.15, -0.1) is 0 Å². The summed E-state index contributed by atoms with van der Waals surface area (Å²) in [5.41, 5.74) is 1.69. The number of benzene rings is 3. The molecule has 3 rings (SSSR count). The summed E-state index contributed by atoms with van der Waals surface area (Å²) >= 11 is 0. The lowest BCUT2D eigenvalue weighted by Gasteiger charge is -2.10. The highest BCUT2D eigenvalue weighted by atomic mass is 32.2. The molecule has 3 N–H and O–H groups in total. The van der Waals surface area contributed by atoms with Gasteiger partial charge in [0.25, 0.3) is 0 Å². The predicted octanol–water partition coefficient (Wildman–Crippen LogP) is 4.12. The summed E-state index contributed by atoms with van der Waals surface area (Å²) in [6, 6.07) is 19.2. The number of amides is 4. The lowest BCUT2D eigenvalue weighted by atomic mass is 10.2. The Morgan fingerprint density at radius 3 is 2.03 bits per heavy atom. The van der Waals surface area contributed by atoms with E-state index in [9.17, 15) is 18.0 Å². The molecule has 4 amide bonds. The van der Waals surface area contributed by atoms with Gasteiger partial charge in [0.15, 0.2) is 0 Å². The van der Waals surface area contributed by atoms with Gasteiger partial charge in [0.2, 0.25) is 0 Å². The minimum atomic E-state index is -4.02. The van der Waals surface area contributed by atoms with E-state index >= 15 is 0 Å². The fourth-order valence-electron chi connectivity index (χ4n) is 2.45. The second-order valence-corrected chi connectivity index (χ2v) is 7.82. The zero-order valence-electron chi connectivity index (χ0n) is 16.0. The maximum absolute atomic E-state index is 12.4. The van der Waals surface area contributed by atoms with Gasteiger partial charge in [0, 0.05) is 17.4 Å². The molecule has 3 aromatic rings. The molecule has 9 heteroatoms. The Balaban J connectivity index is 1.61. The van der Waals surface area contributed by atoms with E-state index in [-0.39, 0.29) is 16.3 Å². The fourth-order valence-corrected chi connectivity index (χ4v) is 3.38. The average molecular weight is 425 g/mol. The van der Waals surface area contributed by atoms with E-state index in [0.717, 1.165) is 5.56 Å². The Hall–Kier alpha value is -3.85. The van der Waals surface area contributed by atoms with Crippen molar-refractivity contribution < 1.29 is 22.2 Å². The number of para-hydroxylation sites is 1. The monoisotopic (exact) mass is 425 g/mol. The van der Waals surface area contributed by atoms with Crippen LogP contribution in [0.15, 0.2) is 83.8 Å². The first-order valence-electron chi connectivity index (χ1n) is 8.87. The Morgan fingerprint density at radius 1 is 0.767 bits per heavy atom. The van der Waals surface area contributed by atoms with Gasteiger partial charge in [0.1, 0.15) is 10.6 Å². The summed E-state index contributed by atoms with van der Waals surface area (Å²) in [4.78, 5) is 23.9. The van der Waals surface area contributed by atoms with Gasteiger partial charge in [-0.1, -0.05) is 42.0 Å². The van der Waals surface area contributed by atoms with E-state index < -0.39 is 22.2 Å². The summed E-state index contributed by atoms with van der Waals surface area (Å²) in [7, 11) is -4.02. The smallest absolute Gasteiger partial charge is 0.339 e. The van der Waals surface area contributed by atoms with Gasteiger partial charge in [-0.3, -0.25) is 5.32 Å². The van der Waals surface area contributed by atoms with Crippen LogP contribution >= 0.6 is 0 Å². The number of hydrogen-bond acceptors (Lipinski definition) is 5. The molecule has 0 spiro atoms. The zero-order valence-corrected chi connectivity index (χ0v) is 16.8. The molecule has 0 fully saturated rings. The van der Waals surface area contributed by atoms with Gasteiger partial charge in [-0.2, -0.15) is 8.42 Å². The van der Waals surface area contributed by atoms with Crippen LogP contribution in [0.5, 0.6) is 5.75 Å². The van der Waals surface area contributed by atoms with Gasteiger partial charge >= 0.3 is 22.2 Å². The molecule has 0 unspecified atom stereocenters. The van der Waals surface area contributed by atoms with E-state index in [4.69, 9.17) is 4.18 Å². The normalized spacial score (nSPS) is 10.7. The number of hydrogen-bond donors (Lipinski definition) is 3. The molecule has 0 radical (unpaired) electrons. The third-order valence-corrected chi connectivity index (χ3v) is 5.13. The number of carbonyl (C=O) groups is 2. The van der Waals surface area contributed by atoms with Crippen LogP contribution in [0, 0.1) is 6.92 Å². The molecule has 8 nitrogen and oxygen atoms in total. The summed E-state index contributed by atoms with van der Waals surface area (Å²) in [6.45, 7) is 1.84. The number of rotatable bonds is 5. The molecule has 0 saturated carbocycles. The highest BCUT2D eigenvalue weighted by Crippen LogP contribution is 2.22. The van der Waals surface area contributed by atoms with Crippen LogP contribution in [-0.4, -0.2) is 20.5 Å². The number of anilines is 2. The van der Waals surface area contributed by atoms with Gasteiger partial charge in [0.05, 0.1) is 0 Å². The lowest BCUT2D eigenvalue weighted by Crippen LogP contribution is -2.37. The molecule has 0 saturated heterocycles. The van der Waals surface area contributed by atoms with Crippen molar-refractivity contribution in [3.63, 3.8) is 0 Å². The Kier molecular flexibility index (Phi) is 6.33. The third-order valence-electron chi connectivity index (χ3n) is 3.87. The molecule has 0 heterocycles. The van der Waals surface area contributed by atoms with E-state index in [0.29, 0.717) is 5.69 Å². The minimum absolute atomic E-state index is 0.0155. The van der Waals surface area contributed by atoms with Crippen molar-refractivity contribution in [1.29, 1.82) is 0 Å². The summed E-state index contributed by atoms with van der Waals surface area (Å²) in [6.07, 6.45) is 0. The van der Waals surface area contributed by atoms with Crippen LogP contribution in [0.25, 0.3) is 0 Å². The Labute approximate surface area is 174 Å². The van der Waals surface area contributed by atoms with Crippen LogP contribution in [0.1, 0.15) is 5.56 Å². The summed E-state index contributed by atoms with van der Waals surface area (Å²) < 4.78 is 29.9. The highest BCUT2D eigenvalue weighted by Gasteiger charge is 2.17. The van der Waals surface area contributed by atoms with Crippen molar-refractivity contribution in [1.82, 2.24) is 5.32 Å². The van der Waals surface area contributed by atoms with Crippen molar-refractivity contribution in [2.75, 3.05) is 10.6 Å². The molecule has 30 heavy (non-hydrogen) atoms. The van der Waals surface area contributed by atoms with E-state index in [1.807, 2.05) is 6.92 Å². The first-order chi connectivity index (χ1) is 14.3. The van der Waals surface area contributed by atoms with Gasteiger partial charge in [-0.25, -0.2) is 9.59 Å². The second kappa shape index (κ2) is 9.10. The molecule has 0 aromatic heterocycles.